The number of hydrogen-bond donors (Lipinski definition) is 0. The third-order valence-corrected chi connectivity index (χ3v) is 11.3. The maximum Gasteiger partial charge on any atom is 0.0158 e. The maximum atomic E-state index is 2.46. The van der Waals surface area contributed by atoms with Gasteiger partial charge in [-0.05, 0) is 118 Å². The first kappa shape index (κ1) is 29.0. The first-order valence-electron chi connectivity index (χ1n) is 17.7. The molecule has 9 aromatic carbocycles. The van der Waals surface area contributed by atoms with Crippen LogP contribution in [0.15, 0.2) is 164 Å². The van der Waals surface area contributed by atoms with Gasteiger partial charge in [0.15, 0.2) is 0 Å². The highest BCUT2D eigenvalue weighted by Gasteiger charge is 2.35. The minimum atomic E-state index is -0.0187. The van der Waals surface area contributed by atoms with Crippen LogP contribution in [-0.2, 0) is 5.41 Å². The predicted molar refractivity (Wildman–Crippen MR) is 215 cm³/mol. The van der Waals surface area contributed by atoms with Crippen LogP contribution in [0.5, 0.6) is 0 Å². The molecule has 0 nitrogen and oxygen atoms in total. The Labute approximate surface area is 293 Å². The van der Waals surface area contributed by atoms with Crippen LogP contribution in [0.2, 0.25) is 0 Å². The van der Waals surface area contributed by atoms with Crippen LogP contribution in [0.1, 0.15) is 30.5 Å². The highest BCUT2D eigenvalue weighted by Crippen LogP contribution is 2.52. The van der Waals surface area contributed by atoms with Gasteiger partial charge in [-0.2, -0.15) is 0 Å². The van der Waals surface area contributed by atoms with Crippen molar-refractivity contribution in [1.82, 2.24) is 0 Å². The molecule has 0 fully saturated rings. The van der Waals surface area contributed by atoms with Gasteiger partial charge >= 0.3 is 0 Å². The summed E-state index contributed by atoms with van der Waals surface area (Å²) in [7, 11) is 0. The lowest BCUT2D eigenvalue weighted by atomic mass is 9.81. The molecular weight excluding hydrogens is 601 g/mol. The molecule has 0 saturated heterocycles. The molecule has 0 aromatic heterocycles. The third-order valence-electron chi connectivity index (χ3n) is 11.3. The summed E-state index contributed by atoms with van der Waals surface area (Å²) in [6.45, 7) is 6.93. The van der Waals surface area contributed by atoms with Gasteiger partial charge in [0, 0.05) is 5.41 Å². The van der Waals surface area contributed by atoms with E-state index < -0.39 is 0 Å². The van der Waals surface area contributed by atoms with Crippen LogP contribution in [0.3, 0.4) is 0 Å². The molecule has 0 radical (unpaired) electrons. The fourth-order valence-electron chi connectivity index (χ4n) is 8.89. The van der Waals surface area contributed by atoms with Crippen molar-refractivity contribution in [2.24, 2.45) is 0 Å². The minimum Gasteiger partial charge on any atom is -0.0619 e. The molecule has 10 rings (SSSR count). The Bertz CT molecular complexity index is 2850. The third kappa shape index (κ3) is 4.18. The van der Waals surface area contributed by atoms with Crippen LogP contribution in [-0.4, -0.2) is 0 Å². The summed E-state index contributed by atoms with van der Waals surface area (Å²) in [5, 5.41) is 10.2. The van der Waals surface area contributed by atoms with Gasteiger partial charge in [0.25, 0.3) is 0 Å². The Morgan fingerprint density at radius 3 is 1.76 bits per heavy atom. The molecule has 1 aliphatic carbocycles. The molecule has 236 valence electrons. The smallest absolute Gasteiger partial charge is 0.0158 e. The SMILES string of the molecule is Cc1ccc2c(-c3ccc(-c4ccc5ccccc5c4)c4ccccc34)c3ccccc3c(-c3ccc4c(c3)-c3ccccc3C4(C)C)c2c1. The van der Waals surface area contributed by atoms with Gasteiger partial charge in [-0.3, -0.25) is 0 Å². The van der Waals surface area contributed by atoms with Crippen LogP contribution < -0.4 is 0 Å². The van der Waals surface area contributed by atoms with E-state index in [4.69, 9.17) is 0 Å². The molecule has 0 atom stereocenters. The molecule has 0 unspecified atom stereocenters. The summed E-state index contributed by atoms with van der Waals surface area (Å²) in [5.41, 5.74) is 14.4. The first-order chi connectivity index (χ1) is 24.5. The topological polar surface area (TPSA) is 0 Å². The standard InChI is InChI=1S/C50H36/c1-31-20-24-43-45(28-31)48(35-23-27-47-44(30-35)39-16-10-11-19-46(39)50(47,2)3)40-17-8-9-18-41(40)49(43)42-26-25-36(37-14-6-7-15-38(37)42)34-22-21-32-12-4-5-13-33(32)29-34/h4-30H,1-3H3. The fourth-order valence-corrected chi connectivity index (χ4v) is 8.89. The van der Waals surface area contributed by atoms with Crippen LogP contribution >= 0.6 is 0 Å². The van der Waals surface area contributed by atoms with Gasteiger partial charge in [0.1, 0.15) is 0 Å². The second-order valence-electron chi connectivity index (χ2n) is 14.5. The van der Waals surface area contributed by atoms with E-state index in [1.807, 2.05) is 0 Å². The zero-order chi connectivity index (χ0) is 33.6. The molecule has 1 aliphatic rings. The van der Waals surface area contributed by atoms with Gasteiger partial charge in [-0.1, -0.05) is 171 Å². The van der Waals surface area contributed by atoms with Crippen molar-refractivity contribution < 1.29 is 0 Å². The number of rotatable bonds is 3. The Balaban J connectivity index is 1.25. The fraction of sp³-hybridized carbons (Fsp3) is 0.0800. The number of benzene rings is 9. The van der Waals surface area contributed by atoms with E-state index in [1.165, 1.54) is 104 Å². The minimum absolute atomic E-state index is 0.0187. The second-order valence-corrected chi connectivity index (χ2v) is 14.5. The van der Waals surface area contributed by atoms with Crippen molar-refractivity contribution in [3.05, 3.63) is 180 Å². The van der Waals surface area contributed by atoms with Gasteiger partial charge in [-0.15, -0.1) is 0 Å². The van der Waals surface area contributed by atoms with E-state index in [2.05, 4.69) is 185 Å². The first-order valence-corrected chi connectivity index (χ1v) is 17.7. The van der Waals surface area contributed by atoms with E-state index in [1.54, 1.807) is 0 Å². The molecule has 0 saturated carbocycles. The van der Waals surface area contributed by atoms with E-state index in [0.717, 1.165) is 0 Å². The lowest BCUT2D eigenvalue weighted by molar-refractivity contribution is 0.660. The van der Waals surface area contributed by atoms with Gasteiger partial charge < -0.3 is 0 Å². The lowest BCUT2D eigenvalue weighted by Crippen LogP contribution is -2.14. The molecule has 50 heavy (non-hydrogen) atoms. The molecule has 0 amide bonds. The molecule has 9 aromatic rings. The second kappa shape index (κ2) is 10.8. The van der Waals surface area contributed by atoms with Crippen LogP contribution in [0, 0.1) is 6.92 Å². The summed E-state index contributed by atoms with van der Waals surface area (Å²) in [5.74, 6) is 0. The van der Waals surface area contributed by atoms with Crippen molar-refractivity contribution in [3.63, 3.8) is 0 Å². The normalized spacial score (nSPS) is 13.3. The summed E-state index contributed by atoms with van der Waals surface area (Å²) in [6, 6.07) is 61.3. The van der Waals surface area contributed by atoms with E-state index in [-0.39, 0.29) is 5.41 Å². The molecule has 0 bridgehead atoms. The summed E-state index contributed by atoms with van der Waals surface area (Å²) in [6.07, 6.45) is 0. The number of hydrogen-bond acceptors (Lipinski definition) is 0. The molecule has 0 aliphatic heterocycles. The molecule has 0 heterocycles. The van der Waals surface area contributed by atoms with Crippen molar-refractivity contribution in [3.8, 4) is 44.5 Å². The highest BCUT2D eigenvalue weighted by atomic mass is 14.4. The zero-order valence-corrected chi connectivity index (χ0v) is 28.6. The Morgan fingerprint density at radius 1 is 0.340 bits per heavy atom. The molecule has 0 heteroatoms. The Hall–Kier alpha value is -5.98. The lowest BCUT2D eigenvalue weighted by Gasteiger charge is -2.22. The van der Waals surface area contributed by atoms with E-state index in [0.29, 0.717) is 0 Å². The van der Waals surface area contributed by atoms with Gasteiger partial charge in [0.2, 0.25) is 0 Å². The molecule has 0 spiro atoms. The number of fused-ring (bicyclic) bond motifs is 7. The average Bonchev–Trinajstić information content (AvgIpc) is 3.38. The van der Waals surface area contributed by atoms with Crippen molar-refractivity contribution in [1.29, 1.82) is 0 Å². The van der Waals surface area contributed by atoms with Gasteiger partial charge in [0.05, 0.1) is 0 Å². The van der Waals surface area contributed by atoms with E-state index >= 15 is 0 Å². The molecular formula is C50H36. The molecule has 0 N–H and O–H groups in total. The highest BCUT2D eigenvalue weighted by molar-refractivity contribution is 6.24. The Kier molecular flexibility index (Phi) is 6.24. The van der Waals surface area contributed by atoms with Crippen LogP contribution in [0.4, 0.5) is 0 Å². The zero-order valence-electron chi connectivity index (χ0n) is 28.6. The largest absolute Gasteiger partial charge is 0.0619 e. The van der Waals surface area contributed by atoms with Crippen molar-refractivity contribution in [2.75, 3.05) is 0 Å². The van der Waals surface area contributed by atoms with Crippen molar-refractivity contribution >= 4 is 43.1 Å². The van der Waals surface area contributed by atoms with Crippen molar-refractivity contribution in [2.45, 2.75) is 26.2 Å². The summed E-state index contributed by atoms with van der Waals surface area (Å²) < 4.78 is 0. The average molecular weight is 637 g/mol. The Morgan fingerprint density at radius 2 is 0.940 bits per heavy atom. The van der Waals surface area contributed by atoms with Gasteiger partial charge in [-0.25, -0.2) is 0 Å². The predicted octanol–water partition coefficient (Wildman–Crippen LogP) is 13.9. The number of aryl methyl sites for hydroxylation is 1. The summed E-state index contributed by atoms with van der Waals surface area (Å²) >= 11 is 0. The summed E-state index contributed by atoms with van der Waals surface area (Å²) in [4.78, 5) is 0. The maximum absolute atomic E-state index is 2.46. The quantitative estimate of drug-likeness (QED) is 0.169. The van der Waals surface area contributed by atoms with Crippen LogP contribution in [0.25, 0.3) is 87.6 Å². The monoisotopic (exact) mass is 636 g/mol. The van der Waals surface area contributed by atoms with E-state index in [9.17, 15) is 0 Å².